The van der Waals surface area contributed by atoms with Crippen molar-refractivity contribution in [2.45, 2.75) is 48.6 Å². The summed E-state index contributed by atoms with van der Waals surface area (Å²) < 4.78 is 111. The molecule has 2 bridgehead atoms. The average Bonchev–Trinajstić information content (AvgIpc) is 3.03. The number of carbonyl (C=O) groups is 2. The van der Waals surface area contributed by atoms with Gasteiger partial charge in [-0.15, -0.1) is 0 Å². The molecule has 3 rings (SSSR count). The molecule has 5 atom stereocenters. The minimum absolute atomic E-state index is 0.0360. The van der Waals surface area contributed by atoms with Crippen LogP contribution in [0.4, 0.5) is 26.3 Å². The lowest BCUT2D eigenvalue weighted by Crippen LogP contribution is -2.62. The Bertz CT molecular complexity index is 757. The molecular weight excluding hydrogens is 414 g/mol. The van der Waals surface area contributed by atoms with Gasteiger partial charge in [-0.1, -0.05) is 0 Å². The van der Waals surface area contributed by atoms with Gasteiger partial charge in [0.2, 0.25) is 0 Å². The van der Waals surface area contributed by atoms with Crippen molar-refractivity contribution in [1.29, 1.82) is 0 Å². The number of aliphatic carboxylic acids is 1. The topological polar surface area (TPSA) is 110 Å². The number of fused-ring (bicyclic) bond motifs is 1. The van der Waals surface area contributed by atoms with Gasteiger partial charge < -0.3 is 14.6 Å². The molecule has 5 unspecified atom stereocenters. The van der Waals surface area contributed by atoms with Crippen LogP contribution in [0, 0.1) is 17.8 Å². The number of esters is 1. The first-order valence-corrected chi connectivity index (χ1v) is 9.06. The Morgan fingerprint density at radius 3 is 2.11 bits per heavy atom. The van der Waals surface area contributed by atoms with Crippen LogP contribution in [0.5, 0.6) is 0 Å². The van der Waals surface area contributed by atoms with Gasteiger partial charge in [0.1, 0.15) is 5.25 Å². The van der Waals surface area contributed by atoms with Gasteiger partial charge in [0, 0.05) is 18.3 Å². The first-order chi connectivity index (χ1) is 12.1. The molecule has 0 spiro atoms. The molecule has 154 valence electrons. The van der Waals surface area contributed by atoms with Gasteiger partial charge in [0.15, 0.2) is 0 Å². The van der Waals surface area contributed by atoms with Crippen LogP contribution in [0.3, 0.4) is 0 Å². The maximum atomic E-state index is 13.2. The Hall–Kier alpha value is -1.57. The number of alkyl halides is 6. The van der Waals surface area contributed by atoms with Crippen molar-refractivity contribution in [2.75, 3.05) is 0 Å². The molecule has 0 aromatic rings. The molecule has 3 aliphatic rings. The summed E-state index contributed by atoms with van der Waals surface area (Å²) in [5.41, 5.74) is -5.35. The second-order valence-electron chi connectivity index (χ2n) is 6.81. The van der Waals surface area contributed by atoms with Crippen LogP contribution in [-0.2, 0) is 28.6 Å². The van der Waals surface area contributed by atoms with E-state index in [0.717, 1.165) is 0 Å². The normalized spacial score (nSPS) is 34.7. The molecule has 7 nitrogen and oxygen atoms in total. The number of halogens is 6. The summed E-state index contributed by atoms with van der Waals surface area (Å²) >= 11 is 0. The van der Waals surface area contributed by atoms with E-state index >= 15 is 0 Å². The number of carboxylic acid groups (broad SMARTS) is 1. The smallest absolute Gasteiger partial charge is 0.437 e. The van der Waals surface area contributed by atoms with Crippen LogP contribution in [0.15, 0.2) is 0 Å². The van der Waals surface area contributed by atoms with Crippen LogP contribution < -0.4 is 5.11 Å². The van der Waals surface area contributed by atoms with Crippen molar-refractivity contribution < 1.29 is 58.4 Å². The van der Waals surface area contributed by atoms with E-state index in [1.165, 1.54) is 0 Å². The zero-order valence-corrected chi connectivity index (χ0v) is 13.9. The van der Waals surface area contributed by atoms with Gasteiger partial charge >= 0.3 is 23.9 Å². The number of hydrogen-bond donors (Lipinski definition) is 0. The van der Waals surface area contributed by atoms with E-state index in [4.69, 9.17) is 4.18 Å². The van der Waals surface area contributed by atoms with E-state index in [-0.39, 0.29) is 12.8 Å². The number of ether oxygens (including phenoxy) is 1. The van der Waals surface area contributed by atoms with E-state index in [1.54, 1.807) is 0 Å². The first kappa shape index (κ1) is 20.2. The van der Waals surface area contributed by atoms with E-state index < -0.39 is 75.5 Å². The summed E-state index contributed by atoms with van der Waals surface area (Å²) in [6.07, 6.45) is -16.1. The first-order valence-electron chi connectivity index (χ1n) is 7.59. The maximum Gasteiger partial charge on any atom is 0.437 e. The zero-order valence-electron chi connectivity index (χ0n) is 13.0. The molecule has 14 heteroatoms. The van der Waals surface area contributed by atoms with E-state index in [9.17, 15) is 49.5 Å². The van der Waals surface area contributed by atoms with E-state index in [0.29, 0.717) is 0 Å². The third-order valence-electron chi connectivity index (χ3n) is 5.32. The highest BCUT2D eigenvalue weighted by atomic mass is 32.2. The predicted octanol–water partition coefficient (Wildman–Crippen LogP) is 0.286. The van der Waals surface area contributed by atoms with Gasteiger partial charge in [0.25, 0.3) is 10.1 Å². The molecule has 2 aliphatic carbocycles. The Balaban J connectivity index is 1.97. The van der Waals surface area contributed by atoms with Crippen molar-refractivity contribution in [2.24, 2.45) is 17.8 Å². The lowest BCUT2D eigenvalue weighted by atomic mass is 9.86. The molecule has 1 aliphatic heterocycles. The Morgan fingerprint density at radius 2 is 1.63 bits per heavy atom. The quantitative estimate of drug-likeness (QED) is 0.362. The van der Waals surface area contributed by atoms with Gasteiger partial charge in [-0.3, -0.25) is 8.98 Å². The average molecular weight is 425 g/mol. The molecule has 3 fully saturated rings. The largest absolute Gasteiger partial charge is 0.550 e. The van der Waals surface area contributed by atoms with Crippen LogP contribution >= 0.6 is 0 Å². The van der Waals surface area contributed by atoms with Crippen LogP contribution in [0.2, 0.25) is 0 Å². The molecule has 0 N–H and O–H groups in total. The molecule has 0 aromatic heterocycles. The van der Waals surface area contributed by atoms with Crippen molar-refractivity contribution in [3.8, 4) is 0 Å². The van der Waals surface area contributed by atoms with Gasteiger partial charge in [0.05, 0.1) is 12.0 Å². The second kappa shape index (κ2) is 5.72. The highest BCUT2D eigenvalue weighted by Gasteiger charge is 2.75. The Morgan fingerprint density at radius 1 is 1.07 bits per heavy atom. The maximum absolute atomic E-state index is 13.2. The fourth-order valence-electron chi connectivity index (χ4n) is 4.27. The van der Waals surface area contributed by atoms with Crippen molar-refractivity contribution >= 4 is 22.1 Å². The number of carboxylic acids is 1. The molecule has 0 radical (unpaired) electrons. The highest BCUT2D eigenvalue weighted by molar-refractivity contribution is 7.87. The Labute approximate surface area is 147 Å². The van der Waals surface area contributed by atoms with Crippen molar-refractivity contribution in [1.82, 2.24) is 0 Å². The zero-order chi connectivity index (χ0) is 20.6. The summed E-state index contributed by atoms with van der Waals surface area (Å²) in [7, 11) is -4.37. The predicted molar refractivity (Wildman–Crippen MR) is 67.8 cm³/mol. The van der Waals surface area contributed by atoms with Crippen molar-refractivity contribution in [3.05, 3.63) is 0 Å². The van der Waals surface area contributed by atoms with E-state index in [2.05, 4.69) is 4.74 Å². The minimum atomic E-state index is -6.33. The fourth-order valence-corrected chi connectivity index (χ4v) is 6.37. The summed E-state index contributed by atoms with van der Waals surface area (Å²) in [5, 5.41) is 8.94. The number of hydrogen-bond acceptors (Lipinski definition) is 7. The molecule has 0 aromatic carbocycles. The molecule has 1 saturated heterocycles. The summed E-state index contributed by atoms with van der Waals surface area (Å²) in [4.78, 5) is 22.8. The lowest BCUT2D eigenvalue weighted by molar-refractivity contribution is -0.381. The number of rotatable bonds is 4. The molecule has 2 saturated carbocycles. The van der Waals surface area contributed by atoms with Crippen LogP contribution in [0.1, 0.15) is 19.3 Å². The second-order valence-corrected chi connectivity index (χ2v) is 8.53. The molecular formula is C13H11F6O7S-. The van der Waals surface area contributed by atoms with Crippen LogP contribution in [-0.4, -0.2) is 49.7 Å². The SMILES string of the molecule is O=C([O-])CC(OC(=O)C1C2CC3OS(=O)(=O)C1C3C2)(C(F)(F)F)C(F)(F)F. The lowest BCUT2D eigenvalue weighted by Gasteiger charge is -2.38. The van der Waals surface area contributed by atoms with Crippen molar-refractivity contribution in [3.63, 3.8) is 0 Å². The van der Waals surface area contributed by atoms with Crippen LogP contribution in [0.25, 0.3) is 0 Å². The Kier molecular flexibility index (Phi) is 4.27. The molecule has 0 amide bonds. The molecule has 1 heterocycles. The highest BCUT2D eigenvalue weighted by Crippen LogP contribution is 2.58. The molecule has 27 heavy (non-hydrogen) atoms. The monoisotopic (exact) mass is 425 g/mol. The number of carbonyl (C=O) groups excluding carboxylic acids is 2. The third kappa shape index (κ3) is 2.87. The van der Waals surface area contributed by atoms with E-state index in [1.807, 2.05) is 0 Å². The van der Waals surface area contributed by atoms with Gasteiger partial charge in [-0.05, 0) is 18.8 Å². The standard InChI is InChI=1S/C13H12F6O7S/c14-12(15,16)11(3-7(20)21,13(17,18)19)25-10(22)8-4-1-5-6(2-4)26-27(23,24)9(5)8/h4-6,8-9H,1-3H2,(H,20,21)/p-1. The minimum Gasteiger partial charge on any atom is -0.550 e. The summed E-state index contributed by atoms with van der Waals surface area (Å²) in [5.74, 6) is -8.19. The van der Waals surface area contributed by atoms with Gasteiger partial charge in [-0.2, -0.15) is 34.8 Å². The third-order valence-corrected chi connectivity index (χ3v) is 7.14. The summed E-state index contributed by atoms with van der Waals surface area (Å²) in [6, 6.07) is 0. The van der Waals surface area contributed by atoms with Gasteiger partial charge in [-0.25, -0.2) is 0 Å². The fraction of sp³-hybridized carbons (Fsp3) is 0.846. The summed E-state index contributed by atoms with van der Waals surface area (Å²) in [6.45, 7) is 0.